The summed E-state index contributed by atoms with van der Waals surface area (Å²) in [6.45, 7) is 7.18. The van der Waals surface area contributed by atoms with Crippen LogP contribution < -0.4 is 0 Å². The number of hydrogen-bond acceptors (Lipinski definition) is 1. The molecule has 1 heterocycles. The van der Waals surface area contributed by atoms with E-state index in [1.54, 1.807) is 0 Å². The van der Waals surface area contributed by atoms with E-state index >= 15 is 0 Å². The third-order valence-corrected chi connectivity index (χ3v) is 3.76. The number of rotatable bonds is 3. The van der Waals surface area contributed by atoms with Crippen LogP contribution in [0.4, 0.5) is 0 Å². The second-order valence-corrected chi connectivity index (χ2v) is 5.75. The molecule has 1 nitrogen and oxygen atoms in total. The van der Waals surface area contributed by atoms with Crippen LogP contribution in [-0.4, -0.2) is 23.5 Å². The zero-order valence-electron chi connectivity index (χ0n) is 10.6. The Morgan fingerprint density at radius 3 is 2.18 bits per heavy atom. The van der Waals surface area contributed by atoms with Crippen LogP contribution in [0.3, 0.4) is 0 Å². The fourth-order valence-electron chi connectivity index (χ4n) is 2.54. The van der Waals surface area contributed by atoms with E-state index in [1.165, 1.54) is 31.5 Å². The Kier molecular flexibility index (Phi) is 5.30. The zero-order chi connectivity index (χ0) is 11.6. The molecule has 0 N–H and O–H groups in total. The molecule has 0 atom stereocenters. The van der Waals surface area contributed by atoms with E-state index in [0.717, 1.165) is 11.4 Å². The minimum absolute atomic E-state index is 0. The predicted octanol–water partition coefficient (Wildman–Crippen LogP) is 4.18. The fourth-order valence-corrected chi connectivity index (χ4v) is 2.66. The van der Waals surface area contributed by atoms with Gasteiger partial charge in [-0.2, -0.15) is 0 Å². The lowest BCUT2D eigenvalue weighted by molar-refractivity contribution is 0.155. The van der Waals surface area contributed by atoms with E-state index < -0.39 is 0 Å². The van der Waals surface area contributed by atoms with E-state index in [2.05, 4.69) is 30.9 Å². The SMILES string of the molecule is CC(C)(Cc1ccc(Cl)cc1)N1CCCC1.Cl. The van der Waals surface area contributed by atoms with E-state index in [1.807, 2.05) is 12.1 Å². The van der Waals surface area contributed by atoms with Crippen molar-refractivity contribution in [3.63, 3.8) is 0 Å². The Morgan fingerprint density at radius 2 is 1.65 bits per heavy atom. The van der Waals surface area contributed by atoms with Crippen molar-refractivity contribution in [2.24, 2.45) is 0 Å². The average molecular weight is 274 g/mol. The van der Waals surface area contributed by atoms with Gasteiger partial charge in [-0.05, 0) is 63.9 Å². The highest BCUT2D eigenvalue weighted by molar-refractivity contribution is 6.30. The van der Waals surface area contributed by atoms with Crippen molar-refractivity contribution in [3.8, 4) is 0 Å². The van der Waals surface area contributed by atoms with Crippen LogP contribution in [0.2, 0.25) is 5.02 Å². The Bertz CT molecular complexity index is 340. The molecule has 1 aromatic rings. The quantitative estimate of drug-likeness (QED) is 0.799. The summed E-state index contributed by atoms with van der Waals surface area (Å²) in [5, 5.41) is 0.822. The molecule has 3 heteroatoms. The van der Waals surface area contributed by atoms with Gasteiger partial charge in [-0.15, -0.1) is 12.4 Å². The van der Waals surface area contributed by atoms with Gasteiger partial charge >= 0.3 is 0 Å². The largest absolute Gasteiger partial charge is 0.298 e. The number of likely N-dealkylation sites (tertiary alicyclic amines) is 1. The molecule has 2 rings (SSSR count). The number of hydrogen-bond donors (Lipinski definition) is 0. The van der Waals surface area contributed by atoms with Crippen molar-refractivity contribution in [1.82, 2.24) is 4.90 Å². The summed E-state index contributed by atoms with van der Waals surface area (Å²) in [7, 11) is 0. The van der Waals surface area contributed by atoms with Crippen LogP contribution in [0.15, 0.2) is 24.3 Å². The molecule has 0 bridgehead atoms. The third kappa shape index (κ3) is 3.87. The minimum atomic E-state index is 0. The van der Waals surface area contributed by atoms with E-state index in [0.29, 0.717) is 0 Å². The van der Waals surface area contributed by atoms with Crippen LogP contribution in [-0.2, 0) is 6.42 Å². The molecule has 0 saturated carbocycles. The Labute approximate surface area is 116 Å². The lowest BCUT2D eigenvalue weighted by Crippen LogP contribution is -2.43. The molecular weight excluding hydrogens is 253 g/mol. The molecule has 0 aromatic heterocycles. The predicted molar refractivity (Wildman–Crippen MR) is 77.3 cm³/mol. The summed E-state index contributed by atoms with van der Waals surface area (Å²) in [5.74, 6) is 0. The number of halogens is 2. The van der Waals surface area contributed by atoms with E-state index in [4.69, 9.17) is 11.6 Å². The molecule has 1 aliphatic rings. The molecule has 1 fully saturated rings. The van der Waals surface area contributed by atoms with Crippen molar-refractivity contribution in [3.05, 3.63) is 34.9 Å². The lowest BCUT2D eigenvalue weighted by Gasteiger charge is -2.35. The lowest BCUT2D eigenvalue weighted by atomic mass is 9.93. The van der Waals surface area contributed by atoms with Crippen LogP contribution in [0.25, 0.3) is 0 Å². The summed E-state index contributed by atoms with van der Waals surface area (Å²) in [6, 6.07) is 8.24. The molecular formula is C14H21Cl2N. The molecule has 1 aliphatic heterocycles. The average Bonchev–Trinajstić information content (AvgIpc) is 2.75. The van der Waals surface area contributed by atoms with Crippen molar-refractivity contribution >= 4 is 24.0 Å². The van der Waals surface area contributed by atoms with Crippen LogP contribution in [0.5, 0.6) is 0 Å². The van der Waals surface area contributed by atoms with Crippen LogP contribution in [0, 0.1) is 0 Å². The Balaban J connectivity index is 0.00000144. The third-order valence-electron chi connectivity index (χ3n) is 3.51. The molecule has 1 aromatic carbocycles. The molecule has 17 heavy (non-hydrogen) atoms. The first-order chi connectivity index (χ1) is 7.58. The summed E-state index contributed by atoms with van der Waals surface area (Å²) in [4.78, 5) is 2.60. The highest BCUT2D eigenvalue weighted by atomic mass is 35.5. The summed E-state index contributed by atoms with van der Waals surface area (Å²) in [6.07, 6.45) is 3.80. The second kappa shape index (κ2) is 6.08. The fraction of sp³-hybridized carbons (Fsp3) is 0.571. The van der Waals surface area contributed by atoms with Crippen molar-refractivity contribution in [2.75, 3.05) is 13.1 Å². The van der Waals surface area contributed by atoms with Gasteiger partial charge in [0.2, 0.25) is 0 Å². The first kappa shape index (κ1) is 14.8. The monoisotopic (exact) mass is 273 g/mol. The first-order valence-corrected chi connectivity index (χ1v) is 6.45. The molecule has 0 aliphatic carbocycles. The maximum atomic E-state index is 5.90. The first-order valence-electron chi connectivity index (χ1n) is 6.07. The van der Waals surface area contributed by atoms with Crippen LogP contribution >= 0.6 is 24.0 Å². The maximum Gasteiger partial charge on any atom is 0.0406 e. The van der Waals surface area contributed by atoms with Gasteiger partial charge in [0.25, 0.3) is 0 Å². The second-order valence-electron chi connectivity index (χ2n) is 5.31. The van der Waals surface area contributed by atoms with E-state index in [-0.39, 0.29) is 17.9 Å². The van der Waals surface area contributed by atoms with Gasteiger partial charge < -0.3 is 0 Å². The molecule has 0 radical (unpaired) electrons. The smallest absolute Gasteiger partial charge is 0.0406 e. The Morgan fingerprint density at radius 1 is 1.12 bits per heavy atom. The van der Waals surface area contributed by atoms with Gasteiger partial charge in [0, 0.05) is 10.6 Å². The van der Waals surface area contributed by atoms with Crippen molar-refractivity contribution < 1.29 is 0 Å². The van der Waals surface area contributed by atoms with Gasteiger partial charge in [0.15, 0.2) is 0 Å². The molecule has 0 unspecified atom stereocenters. The van der Waals surface area contributed by atoms with Gasteiger partial charge in [0.05, 0.1) is 0 Å². The topological polar surface area (TPSA) is 3.24 Å². The highest BCUT2D eigenvalue weighted by Crippen LogP contribution is 2.25. The van der Waals surface area contributed by atoms with Crippen molar-refractivity contribution in [2.45, 2.75) is 38.6 Å². The van der Waals surface area contributed by atoms with Gasteiger partial charge in [-0.3, -0.25) is 4.90 Å². The normalized spacial score (nSPS) is 16.9. The minimum Gasteiger partial charge on any atom is -0.298 e. The molecule has 0 amide bonds. The van der Waals surface area contributed by atoms with Crippen molar-refractivity contribution in [1.29, 1.82) is 0 Å². The van der Waals surface area contributed by atoms with Crippen LogP contribution in [0.1, 0.15) is 32.3 Å². The molecule has 0 spiro atoms. The summed E-state index contributed by atoms with van der Waals surface area (Å²) < 4.78 is 0. The molecule has 1 saturated heterocycles. The number of nitrogens with zero attached hydrogens (tertiary/aromatic N) is 1. The maximum absolute atomic E-state index is 5.90. The highest BCUT2D eigenvalue weighted by Gasteiger charge is 2.28. The van der Waals surface area contributed by atoms with Gasteiger partial charge in [-0.1, -0.05) is 23.7 Å². The Hall–Kier alpha value is -0.240. The summed E-state index contributed by atoms with van der Waals surface area (Å²) in [5.41, 5.74) is 1.64. The number of benzene rings is 1. The van der Waals surface area contributed by atoms with E-state index in [9.17, 15) is 0 Å². The standard InChI is InChI=1S/C14H20ClN.ClH/c1-14(2,16-9-3-4-10-16)11-12-5-7-13(15)8-6-12;/h5-8H,3-4,9-11H2,1-2H3;1H. The van der Waals surface area contributed by atoms with Gasteiger partial charge in [0.1, 0.15) is 0 Å². The molecule has 96 valence electrons. The summed E-state index contributed by atoms with van der Waals surface area (Å²) >= 11 is 5.90. The van der Waals surface area contributed by atoms with Gasteiger partial charge in [-0.25, -0.2) is 0 Å². The zero-order valence-corrected chi connectivity index (χ0v) is 12.2.